The van der Waals surface area contributed by atoms with Crippen LogP contribution in [-0.2, 0) is 24.1 Å². The molecule has 2 nitrogen and oxygen atoms in total. The van der Waals surface area contributed by atoms with Crippen LogP contribution in [0.5, 0.6) is 0 Å². The molecule has 0 spiro atoms. The molecule has 0 N–H and O–H groups in total. The van der Waals surface area contributed by atoms with E-state index in [1.165, 1.54) is 12.8 Å². The van der Waals surface area contributed by atoms with Crippen LogP contribution in [0.15, 0.2) is 11.6 Å². The van der Waals surface area contributed by atoms with Gasteiger partial charge in [-0.3, -0.25) is 0 Å². The molecule has 1 saturated heterocycles. The summed E-state index contributed by atoms with van der Waals surface area (Å²) >= 11 is 2.01. The zero-order valence-corrected chi connectivity index (χ0v) is 8.77. The summed E-state index contributed by atoms with van der Waals surface area (Å²) in [6.07, 6.45) is 2.52. The molecular weight excluding hydrogens is 321 g/mol. The minimum absolute atomic E-state index is 0.817. The van der Waals surface area contributed by atoms with E-state index in [0.29, 0.717) is 0 Å². The molecule has 3 heteroatoms. The average Bonchev–Trinajstić information content (AvgIpc) is 2.52. The van der Waals surface area contributed by atoms with Gasteiger partial charge in [-0.2, -0.15) is 0 Å². The standard InChI is InChI=1S/C8H11NO.Pt/c1-3-8(10-2)9-6-4-5-7-9;/h4-7H2,2H3;. The van der Waals surface area contributed by atoms with E-state index in [9.17, 15) is 0 Å². The maximum absolute atomic E-state index is 5.14. The third-order valence-corrected chi connectivity index (χ3v) is 2.02. The first kappa shape index (κ1) is 8.81. The fourth-order valence-corrected chi connectivity index (χ4v) is 1.46. The van der Waals surface area contributed by atoms with Crippen molar-refractivity contribution < 1.29 is 24.1 Å². The second kappa shape index (κ2) is 4.57. The fraction of sp³-hybridized carbons (Fsp3) is 0.625. The molecule has 64 valence electrons. The number of hydrogen-bond donors (Lipinski definition) is 0. The maximum atomic E-state index is 5.14. The van der Waals surface area contributed by atoms with Crippen LogP contribution in [0, 0.1) is 0 Å². The van der Waals surface area contributed by atoms with Gasteiger partial charge in [-0.25, -0.2) is 0 Å². The van der Waals surface area contributed by atoms with Gasteiger partial charge >= 0.3 is 77.7 Å². The number of methoxy groups -OCH3 is 1. The van der Waals surface area contributed by atoms with Crippen LogP contribution in [0.1, 0.15) is 12.8 Å². The molecule has 0 aromatic heterocycles. The Hall–Kier alpha value is -0.282. The molecule has 1 rings (SSSR count). The van der Waals surface area contributed by atoms with E-state index in [-0.39, 0.29) is 0 Å². The van der Waals surface area contributed by atoms with Crippen molar-refractivity contribution in [3.05, 3.63) is 11.6 Å². The molecule has 0 radical (unpaired) electrons. The average molecular weight is 332 g/mol. The molecule has 0 unspecified atom stereocenters. The molecule has 0 aromatic rings. The van der Waals surface area contributed by atoms with Gasteiger partial charge in [-0.1, -0.05) is 0 Å². The summed E-state index contributed by atoms with van der Waals surface area (Å²) in [7, 11) is 1.68. The monoisotopic (exact) mass is 332 g/mol. The van der Waals surface area contributed by atoms with E-state index >= 15 is 0 Å². The second-order valence-corrected chi connectivity index (χ2v) is 2.98. The Labute approximate surface area is 77.9 Å². The Morgan fingerprint density at radius 2 is 2.09 bits per heavy atom. The zero-order chi connectivity index (χ0) is 8.10. The van der Waals surface area contributed by atoms with Gasteiger partial charge in [0.15, 0.2) is 0 Å². The summed E-state index contributed by atoms with van der Waals surface area (Å²) < 4.78 is 7.95. The van der Waals surface area contributed by atoms with E-state index in [2.05, 4.69) is 14.7 Å². The number of rotatable bonds is 2. The first-order chi connectivity index (χ1) is 5.38. The van der Waals surface area contributed by atoms with Gasteiger partial charge in [0.25, 0.3) is 0 Å². The van der Waals surface area contributed by atoms with Crippen molar-refractivity contribution in [1.29, 1.82) is 0 Å². The molecule has 11 heavy (non-hydrogen) atoms. The van der Waals surface area contributed by atoms with Gasteiger partial charge in [0.2, 0.25) is 0 Å². The van der Waals surface area contributed by atoms with Gasteiger partial charge in [-0.15, -0.1) is 0 Å². The van der Waals surface area contributed by atoms with Crippen LogP contribution in [0.2, 0.25) is 0 Å². The molecule has 0 bridgehead atoms. The third kappa shape index (κ3) is 2.34. The second-order valence-electron chi connectivity index (χ2n) is 2.41. The fourth-order valence-electron chi connectivity index (χ4n) is 1.21. The molecule has 0 saturated carbocycles. The van der Waals surface area contributed by atoms with Crippen molar-refractivity contribution in [1.82, 2.24) is 4.90 Å². The normalized spacial score (nSPS) is 15.7. The molecule has 1 fully saturated rings. The predicted octanol–water partition coefficient (Wildman–Crippen LogP) is 0.673. The predicted molar refractivity (Wildman–Crippen MR) is 39.8 cm³/mol. The zero-order valence-electron chi connectivity index (χ0n) is 6.50. The van der Waals surface area contributed by atoms with Gasteiger partial charge in [-0.05, 0) is 0 Å². The van der Waals surface area contributed by atoms with Crippen LogP contribution in [0.25, 0.3) is 0 Å². The molecule has 0 atom stereocenters. The first-order valence-electron chi connectivity index (χ1n) is 3.63. The first-order valence-corrected chi connectivity index (χ1v) is 4.76. The van der Waals surface area contributed by atoms with Crippen molar-refractivity contribution in [2.45, 2.75) is 12.8 Å². The van der Waals surface area contributed by atoms with Gasteiger partial charge in [0.05, 0.1) is 0 Å². The van der Waals surface area contributed by atoms with Crippen molar-refractivity contribution in [2.24, 2.45) is 0 Å². The summed E-state index contributed by atoms with van der Waals surface area (Å²) in [5.74, 6) is 0.817. The summed E-state index contributed by atoms with van der Waals surface area (Å²) in [5.41, 5.74) is 2.93. The summed E-state index contributed by atoms with van der Waals surface area (Å²) in [4.78, 5) is 2.19. The minimum atomic E-state index is 0.817. The van der Waals surface area contributed by atoms with E-state index in [0.717, 1.165) is 19.0 Å². The van der Waals surface area contributed by atoms with E-state index in [1.807, 2.05) is 19.4 Å². The molecular formula is C8H11NOPt. The molecule has 1 heterocycles. The van der Waals surface area contributed by atoms with Crippen LogP contribution in [0.3, 0.4) is 0 Å². The van der Waals surface area contributed by atoms with Crippen molar-refractivity contribution in [3.63, 3.8) is 0 Å². The summed E-state index contributed by atoms with van der Waals surface area (Å²) in [6, 6.07) is 0. The summed E-state index contributed by atoms with van der Waals surface area (Å²) in [6.45, 7) is 2.18. The molecule has 0 amide bonds. The topological polar surface area (TPSA) is 12.5 Å². The van der Waals surface area contributed by atoms with Crippen LogP contribution in [-0.4, -0.2) is 29.2 Å². The SMILES string of the molecule is COC(=C=[C]=[Pt])N1CCCC1. The number of nitrogens with zero attached hydrogens (tertiary/aromatic N) is 1. The Balaban J connectivity index is 2.69. The summed E-state index contributed by atoms with van der Waals surface area (Å²) in [5, 5.41) is 0. The van der Waals surface area contributed by atoms with E-state index < -0.39 is 0 Å². The Bertz CT molecular complexity index is 208. The van der Waals surface area contributed by atoms with Crippen molar-refractivity contribution in [2.75, 3.05) is 20.2 Å². The van der Waals surface area contributed by atoms with Crippen molar-refractivity contribution in [3.8, 4) is 0 Å². The Kier molecular flexibility index (Phi) is 3.66. The number of ether oxygens (including phenoxy) is 1. The van der Waals surface area contributed by atoms with Crippen molar-refractivity contribution >= 4 is 4.06 Å². The Morgan fingerprint density at radius 3 is 2.55 bits per heavy atom. The molecule has 0 aliphatic carbocycles. The number of likely N-dealkylation sites (tertiary alicyclic amines) is 1. The molecule has 0 aromatic carbocycles. The van der Waals surface area contributed by atoms with E-state index in [4.69, 9.17) is 4.74 Å². The third-order valence-electron chi connectivity index (χ3n) is 1.73. The van der Waals surface area contributed by atoms with Crippen LogP contribution < -0.4 is 0 Å². The quantitative estimate of drug-likeness (QED) is 0.545. The van der Waals surface area contributed by atoms with Gasteiger partial charge < -0.3 is 0 Å². The Morgan fingerprint density at radius 1 is 1.45 bits per heavy atom. The molecule has 1 aliphatic heterocycles. The molecule has 1 aliphatic rings. The van der Waals surface area contributed by atoms with E-state index in [1.54, 1.807) is 7.11 Å². The van der Waals surface area contributed by atoms with Crippen LogP contribution >= 0.6 is 0 Å². The van der Waals surface area contributed by atoms with Gasteiger partial charge in [0.1, 0.15) is 0 Å². The number of hydrogen-bond acceptors (Lipinski definition) is 2. The van der Waals surface area contributed by atoms with Gasteiger partial charge in [0, 0.05) is 0 Å². The van der Waals surface area contributed by atoms with Crippen LogP contribution in [0.4, 0.5) is 0 Å².